The van der Waals surface area contributed by atoms with Crippen LogP contribution in [0.5, 0.6) is 0 Å². The SMILES string of the molecule is CCCCn1c(N)c(N(CC(C)C)C(=O)Cc2csc(C)n2)c(=O)[nH]c1=O. The fourth-order valence-electron chi connectivity index (χ4n) is 2.80. The van der Waals surface area contributed by atoms with Gasteiger partial charge in [-0.25, -0.2) is 9.78 Å². The van der Waals surface area contributed by atoms with E-state index in [2.05, 4.69) is 9.97 Å². The summed E-state index contributed by atoms with van der Waals surface area (Å²) in [5.74, 6) is -0.131. The summed E-state index contributed by atoms with van der Waals surface area (Å²) in [5.41, 5.74) is 5.67. The van der Waals surface area contributed by atoms with E-state index in [1.165, 1.54) is 20.8 Å². The zero-order valence-corrected chi connectivity index (χ0v) is 17.1. The van der Waals surface area contributed by atoms with Crippen LogP contribution in [-0.2, 0) is 17.8 Å². The molecule has 1 amide bonds. The van der Waals surface area contributed by atoms with Crippen molar-refractivity contribution in [2.75, 3.05) is 17.2 Å². The van der Waals surface area contributed by atoms with E-state index in [1.54, 1.807) is 0 Å². The topological polar surface area (TPSA) is 114 Å². The second kappa shape index (κ2) is 8.98. The lowest BCUT2D eigenvalue weighted by atomic mass is 10.1. The summed E-state index contributed by atoms with van der Waals surface area (Å²) in [7, 11) is 0. The number of aryl methyl sites for hydroxylation is 1. The van der Waals surface area contributed by atoms with Gasteiger partial charge < -0.3 is 10.6 Å². The summed E-state index contributed by atoms with van der Waals surface area (Å²) in [6.07, 6.45) is 1.69. The van der Waals surface area contributed by atoms with Crippen molar-refractivity contribution in [2.24, 2.45) is 5.92 Å². The van der Waals surface area contributed by atoms with Crippen molar-refractivity contribution in [2.45, 2.75) is 53.5 Å². The van der Waals surface area contributed by atoms with Crippen LogP contribution in [0.1, 0.15) is 44.3 Å². The van der Waals surface area contributed by atoms with Crippen molar-refractivity contribution in [3.63, 3.8) is 0 Å². The number of H-pyrrole nitrogens is 1. The van der Waals surface area contributed by atoms with Gasteiger partial charge in [-0.3, -0.25) is 19.1 Å². The fraction of sp³-hybridized carbons (Fsp3) is 0.556. The second-order valence-electron chi connectivity index (χ2n) is 6.93. The van der Waals surface area contributed by atoms with E-state index in [0.717, 1.165) is 17.8 Å². The molecule has 0 saturated heterocycles. The molecule has 0 unspecified atom stereocenters. The third kappa shape index (κ3) is 5.06. The van der Waals surface area contributed by atoms with Gasteiger partial charge in [0, 0.05) is 18.5 Å². The average molecular weight is 394 g/mol. The number of nitrogens with one attached hydrogen (secondary N) is 1. The van der Waals surface area contributed by atoms with Gasteiger partial charge in [-0.2, -0.15) is 0 Å². The lowest BCUT2D eigenvalue weighted by Gasteiger charge is -2.26. The highest BCUT2D eigenvalue weighted by atomic mass is 32.1. The average Bonchev–Trinajstić information content (AvgIpc) is 2.98. The van der Waals surface area contributed by atoms with Crippen molar-refractivity contribution >= 4 is 28.7 Å². The van der Waals surface area contributed by atoms with Gasteiger partial charge in [0.15, 0.2) is 5.69 Å². The minimum atomic E-state index is -0.645. The van der Waals surface area contributed by atoms with Gasteiger partial charge in [0.25, 0.3) is 5.56 Å². The van der Waals surface area contributed by atoms with Gasteiger partial charge in [-0.05, 0) is 19.3 Å². The summed E-state index contributed by atoms with van der Waals surface area (Å²) >= 11 is 1.47. The summed E-state index contributed by atoms with van der Waals surface area (Å²) in [6, 6.07) is 0. The van der Waals surface area contributed by atoms with Crippen LogP contribution >= 0.6 is 11.3 Å². The molecule has 148 valence electrons. The Bertz CT molecular complexity index is 912. The minimum Gasteiger partial charge on any atom is -0.383 e. The van der Waals surface area contributed by atoms with E-state index >= 15 is 0 Å². The highest BCUT2D eigenvalue weighted by Crippen LogP contribution is 2.20. The van der Waals surface area contributed by atoms with E-state index < -0.39 is 11.2 Å². The molecule has 3 N–H and O–H groups in total. The highest BCUT2D eigenvalue weighted by molar-refractivity contribution is 7.09. The Morgan fingerprint density at radius 2 is 2.11 bits per heavy atom. The van der Waals surface area contributed by atoms with Crippen LogP contribution in [0.15, 0.2) is 15.0 Å². The van der Waals surface area contributed by atoms with Crippen LogP contribution in [0, 0.1) is 12.8 Å². The Morgan fingerprint density at radius 3 is 2.67 bits per heavy atom. The molecule has 2 rings (SSSR count). The number of thiazole rings is 1. The molecular formula is C18H27N5O3S. The first-order valence-electron chi connectivity index (χ1n) is 9.08. The van der Waals surface area contributed by atoms with Crippen molar-refractivity contribution in [1.82, 2.24) is 14.5 Å². The third-order valence-electron chi connectivity index (χ3n) is 4.07. The number of nitrogens with two attached hydrogens (primary N) is 1. The molecule has 0 fully saturated rings. The molecule has 0 radical (unpaired) electrons. The van der Waals surface area contributed by atoms with Gasteiger partial charge in [-0.1, -0.05) is 27.2 Å². The first-order valence-corrected chi connectivity index (χ1v) is 9.96. The summed E-state index contributed by atoms with van der Waals surface area (Å²) < 4.78 is 1.33. The Hall–Kier alpha value is -2.42. The maximum Gasteiger partial charge on any atom is 0.330 e. The first-order chi connectivity index (χ1) is 12.7. The molecule has 2 aromatic rings. The summed E-state index contributed by atoms with van der Waals surface area (Å²) in [6.45, 7) is 8.48. The van der Waals surface area contributed by atoms with E-state index in [4.69, 9.17) is 5.73 Å². The predicted octanol–water partition coefficient (Wildman–Crippen LogP) is 1.92. The number of nitrogens with zero attached hydrogens (tertiary/aromatic N) is 3. The van der Waals surface area contributed by atoms with E-state index in [-0.39, 0.29) is 29.8 Å². The monoisotopic (exact) mass is 393 g/mol. The van der Waals surface area contributed by atoms with Gasteiger partial charge in [-0.15, -0.1) is 11.3 Å². The van der Waals surface area contributed by atoms with Crippen LogP contribution in [0.3, 0.4) is 0 Å². The maximum atomic E-state index is 13.0. The van der Waals surface area contributed by atoms with Crippen LogP contribution in [-0.4, -0.2) is 27.0 Å². The zero-order chi connectivity index (χ0) is 20.1. The number of carbonyl (C=O) groups excluding carboxylic acids is 1. The van der Waals surface area contributed by atoms with Crippen LogP contribution in [0.25, 0.3) is 0 Å². The molecule has 0 spiro atoms. The second-order valence-corrected chi connectivity index (χ2v) is 7.99. The van der Waals surface area contributed by atoms with Crippen LogP contribution < -0.4 is 21.9 Å². The van der Waals surface area contributed by atoms with Gasteiger partial charge in [0.05, 0.1) is 17.1 Å². The van der Waals surface area contributed by atoms with E-state index in [9.17, 15) is 14.4 Å². The lowest BCUT2D eigenvalue weighted by molar-refractivity contribution is -0.118. The van der Waals surface area contributed by atoms with Gasteiger partial charge in [0.1, 0.15) is 5.82 Å². The summed E-state index contributed by atoms with van der Waals surface area (Å²) in [5, 5.41) is 2.70. The van der Waals surface area contributed by atoms with Gasteiger partial charge in [0.2, 0.25) is 5.91 Å². The zero-order valence-electron chi connectivity index (χ0n) is 16.2. The highest BCUT2D eigenvalue weighted by Gasteiger charge is 2.25. The molecular weight excluding hydrogens is 366 g/mol. The smallest absolute Gasteiger partial charge is 0.330 e. The molecule has 9 heteroatoms. The maximum absolute atomic E-state index is 13.0. The summed E-state index contributed by atoms with van der Waals surface area (Å²) in [4.78, 5) is 45.6. The van der Waals surface area contributed by atoms with Crippen molar-refractivity contribution in [3.05, 3.63) is 36.9 Å². The Labute approximate surface area is 162 Å². The number of amides is 1. The number of unbranched alkanes of at least 4 members (excludes halogenated alkanes) is 1. The number of nitrogen functional groups attached to an aromatic ring is 1. The molecule has 0 aliphatic heterocycles. The number of carbonyl (C=O) groups is 1. The molecule has 0 aliphatic carbocycles. The van der Waals surface area contributed by atoms with Crippen LogP contribution in [0.2, 0.25) is 0 Å². The quantitative estimate of drug-likeness (QED) is 0.711. The minimum absolute atomic E-state index is 0.0284. The predicted molar refractivity (Wildman–Crippen MR) is 108 cm³/mol. The third-order valence-corrected chi connectivity index (χ3v) is 4.89. The molecule has 2 aromatic heterocycles. The Morgan fingerprint density at radius 1 is 1.41 bits per heavy atom. The standard InChI is InChI=1S/C18H27N5O3S/c1-5-6-7-22-16(19)15(17(25)21-18(22)26)23(9-11(2)3)14(24)8-13-10-27-12(4)20-13/h10-11H,5-9,19H2,1-4H3,(H,21,25,26). The molecule has 0 aliphatic rings. The number of hydrogen-bond donors (Lipinski definition) is 2. The molecule has 27 heavy (non-hydrogen) atoms. The van der Waals surface area contributed by atoms with E-state index in [1.807, 2.05) is 33.1 Å². The Kier molecular flexibility index (Phi) is 6.95. The number of anilines is 2. The molecule has 2 heterocycles. The number of aromatic nitrogens is 3. The molecule has 0 bridgehead atoms. The molecule has 0 aromatic carbocycles. The Balaban J connectivity index is 2.47. The molecule has 0 saturated carbocycles. The van der Waals surface area contributed by atoms with E-state index in [0.29, 0.717) is 18.8 Å². The number of hydrogen-bond acceptors (Lipinski definition) is 6. The normalized spacial score (nSPS) is 11.1. The van der Waals surface area contributed by atoms with Crippen molar-refractivity contribution in [1.29, 1.82) is 0 Å². The van der Waals surface area contributed by atoms with Gasteiger partial charge >= 0.3 is 5.69 Å². The van der Waals surface area contributed by atoms with Crippen molar-refractivity contribution in [3.8, 4) is 0 Å². The molecule has 0 atom stereocenters. The molecule has 8 nitrogen and oxygen atoms in total. The number of rotatable bonds is 8. The largest absolute Gasteiger partial charge is 0.383 e. The first kappa shape index (κ1) is 20.9. The number of aromatic amines is 1. The van der Waals surface area contributed by atoms with Crippen molar-refractivity contribution < 1.29 is 4.79 Å². The fourth-order valence-corrected chi connectivity index (χ4v) is 3.41. The van der Waals surface area contributed by atoms with Crippen LogP contribution in [0.4, 0.5) is 11.5 Å². The lowest BCUT2D eigenvalue weighted by Crippen LogP contribution is -2.43.